The second-order valence-electron chi connectivity index (χ2n) is 4.56. The number of anilines is 1. The summed E-state index contributed by atoms with van der Waals surface area (Å²) in [6.45, 7) is 0.564. The molecule has 1 N–H and O–H groups in total. The number of benzene rings is 2. The second-order valence-corrected chi connectivity index (χ2v) is 4.56. The van der Waals surface area contributed by atoms with Crippen LogP contribution < -0.4 is 5.32 Å². The van der Waals surface area contributed by atoms with Crippen molar-refractivity contribution in [1.82, 2.24) is 0 Å². The highest BCUT2D eigenvalue weighted by Gasteiger charge is 2.25. The van der Waals surface area contributed by atoms with Gasteiger partial charge in [0.1, 0.15) is 0 Å². The third-order valence-corrected chi connectivity index (χ3v) is 2.97. The Bertz CT molecular complexity index is 534. The molecule has 0 heterocycles. The molecule has 0 bridgehead atoms. The summed E-state index contributed by atoms with van der Waals surface area (Å²) in [4.78, 5) is 0. The second kappa shape index (κ2) is 5.95. The minimum Gasteiger partial charge on any atom is -0.385 e. The van der Waals surface area contributed by atoms with Crippen LogP contribution in [0.3, 0.4) is 0 Å². The summed E-state index contributed by atoms with van der Waals surface area (Å²) in [7, 11) is 0. The Hall–Kier alpha value is -1.71. The van der Waals surface area contributed by atoms with Gasteiger partial charge < -0.3 is 5.32 Å². The predicted molar refractivity (Wildman–Crippen MR) is 72.3 cm³/mol. The van der Waals surface area contributed by atoms with Gasteiger partial charge in [0.2, 0.25) is 0 Å². The van der Waals surface area contributed by atoms with Crippen LogP contribution in [-0.2, 0) is 0 Å². The highest BCUT2D eigenvalue weighted by atomic mass is 19.4. The van der Waals surface area contributed by atoms with Crippen molar-refractivity contribution in [1.29, 1.82) is 0 Å². The standard InChI is InChI=1S/C15H16F3N/c16-15(17,18)9-3-4-10-19-14-8-7-12-5-1-2-6-13(12)11-14/h1-2,5-8,11,19H,3-4,9-10H2. The van der Waals surface area contributed by atoms with Crippen molar-refractivity contribution in [3.63, 3.8) is 0 Å². The Balaban J connectivity index is 1.82. The third kappa shape index (κ3) is 4.47. The number of hydrogen-bond donors (Lipinski definition) is 1. The maximum absolute atomic E-state index is 12.0. The van der Waals surface area contributed by atoms with Crippen molar-refractivity contribution in [2.24, 2.45) is 0 Å². The normalized spacial score (nSPS) is 11.7. The lowest BCUT2D eigenvalue weighted by Gasteiger charge is -2.09. The number of fused-ring (bicyclic) bond motifs is 1. The minimum atomic E-state index is -4.04. The summed E-state index contributed by atoms with van der Waals surface area (Å²) >= 11 is 0. The lowest BCUT2D eigenvalue weighted by molar-refractivity contribution is -0.135. The highest BCUT2D eigenvalue weighted by molar-refractivity contribution is 5.85. The summed E-state index contributed by atoms with van der Waals surface area (Å²) in [5.41, 5.74) is 0.950. The molecule has 2 aromatic carbocycles. The minimum absolute atomic E-state index is 0.171. The van der Waals surface area contributed by atoms with Gasteiger partial charge in [-0.2, -0.15) is 13.2 Å². The Kier molecular flexibility index (Phi) is 4.30. The summed E-state index contributed by atoms with van der Waals surface area (Å²) < 4.78 is 35.9. The van der Waals surface area contributed by atoms with E-state index in [1.165, 1.54) is 0 Å². The molecule has 0 fully saturated rings. The Labute approximate surface area is 110 Å². The Morgan fingerprint density at radius 1 is 0.895 bits per heavy atom. The van der Waals surface area contributed by atoms with E-state index in [1.807, 2.05) is 42.5 Å². The number of hydrogen-bond acceptors (Lipinski definition) is 1. The van der Waals surface area contributed by atoms with Gasteiger partial charge in [0.15, 0.2) is 0 Å². The molecule has 0 aromatic heterocycles. The zero-order valence-electron chi connectivity index (χ0n) is 10.5. The Morgan fingerprint density at radius 2 is 1.63 bits per heavy atom. The molecular weight excluding hydrogens is 251 g/mol. The molecule has 0 aliphatic heterocycles. The van der Waals surface area contributed by atoms with Crippen molar-refractivity contribution >= 4 is 16.5 Å². The fraction of sp³-hybridized carbons (Fsp3) is 0.333. The van der Waals surface area contributed by atoms with Crippen LogP contribution in [0.1, 0.15) is 19.3 Å². The van der Waals surface area contributed by atoms with Gasteiger partial charge in [0, 0.05) is 18.7 Å². The summed E-state index contributed by atoms with van der Waals surface area (Å²) in [6.07, 6.45) is -4.05. The zero-order chi connectivity index (χ0) is 13.7. The molecule has 0 amide bonds. The fourth-order valence-corrected chi connectivity index (χ4v) is 1.98. The van der Waals surface area contributed by atoms with Crippen molar-refractivity contribution in [2.45, 2.75) is 25.4 Å². The molecule has 2 rings (SSSR count). The third-order valence-electron chi connectivity index (χ3n) is 2.97. The first kappa shape index (κ1) is 13.7. The van der Waals surface area contributed by atoms with Gasteiger partial charge in [0.25, 0.3) is 0 Å². The van der Waals surface area contributed by atoms with Crippen molar-refractivity contribution in [3.8, 4) is 0 Å². The molecule has 2 aromatic rings. The quantitative estimate of drug-likeness (QED) is 0.753. The van der Waals surface area contributed by atoms with Crippen LogP contribution in [0.4, 0.5) is 18.9 Å². The average molecular weight is 267 g/mol. The van der Waals surface area contributed by atoms with Gasteiger partial charge in [-0.25, -0.2) is 0 Å². The van der Waals surface area contributed by atoms with Gasteiger partial charge in [-0.1, -0.05) is 30.3 Å². The maximum atomic E-state index is 12.0. The van der Waals surface area contributed by atoms with E-state index in [4.69, 9.17) is 0 Å². The molecule has 0 spiro atoms. The average Bonchev–Trinajstić information content (AvgIpc) is 2.37. The summed E-state index contributed by atoms with van der Waals surface area (Å²) in [6, 6.07) is 14.0. The van der Waals surface area contributed by atoms with Gasteiger partial charge in [-0.3, -0.25) is 0 Å². The van der Waals surface area contributed by atoms with Crippen LogP contribution in [0, 0.1) is 0 Å². The van der Waals surface area contributed by atoms with Crippen molar-refractivity contribution in [2.75, 3.05) is 11.9 Å². The Morgan fingerprint density at radius 3 is 2.37 bits per heavy atom. The van der Waals surface area contributed by atoms with Gasteiger partial charge in [-0.15, -0.1) is 0 Å². The summed E-state index contributed by atoms with van der Waals surface area (Å²) in [5, 5.41) is 5.44. The van der Waals surface area contributed by atoms with Crippen LogP contribution in [0.25, 0.3) is 10.8 Å². The monoisotopic (exact) mass is 267 g/mol. The number of unbranched alkanes of at least 4 members (excludes halogenated alkanes) is 1. The fourth-order valence-electron chi connectivity index (χ4n) is 1.98. The number of alkyl halides is 3. The first-order chi connectivity index (χ1) is 9.04. The van der Waals surface area contributed by atoms with Crippen molar-refractivity contribution in [3.05, 3.63) is 42.5 Å². The van der Waals surface area contributed by atoms with E-state index < -0.39 is 12.6 Å². The van der Waals surface area contributed by atoms with E-state index in [1.54, 1.807) is 0 Å². The molecule has 0 radical (unpaired) electrons. The molecule has 0 aliphatic rings. The molecule has 0 saturated heterocycles. The highest BCUT2D eigenvalue weighted by Crippen LogP contribution is 2.22. The molecule has 0 aliphatic carbocycles. The van der Waals surface area contributed by atoms with E-state index in [2.05, 4.69) is 5.32 Å². The van der Waals surface area contributed by atoms with Crippen molar-refractivity contribution < 1.29 is 13.2 Å². The topological polar surface area (TPSA) is 12.0 Å². The number of halogens is 3. The molecule has 0 saturated carbocycles. The van der Waals surface area contributed by atoms with E-state index in [0.29, 0.717) is 13.0 Å². The molecule has 4 heteroatoms. The van der Waals surface area contributed by atoms with E-state index in [-0.39, 0.29) is 6.42 Å². The summed E-state index contributed by atoms with van der Waals surface area (Å²) in [5.74, 6) is 0. The van der Waals surface area contributed by atoms with Crippen LogP contribution in [-0.4, -0.2) is 12.7 Å². The van der Waals surface area contributed by atoms with Crippen LogP contribution in [0.2, 0.25) is 0 Å². The first-order valence-electron chi connectivity index (χ1n) is 6.34. The zero-order valence-corrected chi connectivity index (χ0v) is 10.5. The van der Waals surface area contributed by atoms with E-state index in [0.717, 1.165) is 16.5 Å². The molecule has 1 nitrogen and oxygen atoms in total. The molecule has 0 unspecified atom stereocenters. The molecule has 0 atom stereocenters. The van der Waals surface area contributed by atoms with Crippen LogP contribution >= 0.6 is 0 Å². The van der Waals surface area contributed by atoms with Gasteiger partial charge in [0.05, 0.1) is 0 Å². The maximum Gasteiger partial charge on any atom is 0.389 e. The first-order valence-corrected chi connectivity index (χ1v) is 6.34. The van der Waals surface area contributed by atoms with Crippen LogP contribution in [0.15, 0.2) is 42.5 Å². The lowest BCUT2D eigenvalue weighted by Crippen LogP contribution is -2.08. The van der Waals surface area contributed by atoms with E-state index in [9.17, 15) is 13.2 Å². The predicted octanol–water partition coefficient (Wildman–Crippen LogP) is 4.98. The SMILES string of the molecule is FC(F)(F)CCCCNc1ccc2ccccc2c1. The van der Waals surface area contributed by atoms with Gasteiger partial charge in [-0.05, 0) is 35.7 Å². The molecular formula is C15H16F3N. The lowest BCUT2D eigenvalue weighted by atomic mass is 10.1. The largest absolute Gasteiger partial charge is 0.389 e. The van der Waals surface area contributed by atoms with Crippen LogP contribution in [0.5, 0.6) is 0 Å². The molecule has 102 valence electrons. The smallest absolute Gasteiger partial charge is 0.385 e. The van der Waals surface area contributed by atoms with Gasteiger partial charge >= 0.3 is 6.18 Å². The number of nitrogens with one attached hydrogen (secondary N) is 1. The molecule has 19 heavy (non-hydrogen) atoms. The number of rotatable bonds is 5. The van der Waals surface area contributed by atoms with E-state index >= 15 is 0 Å².